The molecule has 7 nitrogen and oxygen atoms in total. The number of benzene rings is 2. The Bertz CT molecular complexity index is 1370. The van der Waals surface area contributed by atoms with Crippen LogP contribution in [0.1, 0.15) is 24.1 Å². The average Bonchev–Trinajstić information content (AvgIpc) is 3.21. The molecule has 2 aromatic heterocycles. The number of pyridine rings is 1. The summed E-state index contributed by atoms with van der Waals surface area (Å²) in [6.45, 7) is 4.98. The molecule has 0 aliphatic carbocycles. The molecule has 0 atom stereocenters. The van der Waals surface area contributed by atoms with Crippen LogP contribution in [0.15, 0.2) is 65.7 Å². The predicted octanol–water partition coefficient (Wildman–Crippen LogP) is 4.51. The lowest BCUT2D eigenvalue weighted by Gasteiger charge is -2.32. The van der Waals surface area contributed by atoms with Crippen LogP contribution >= 0.6 is 0 Å². The molecule has 3 heterocycles. The number of aromatic amines is 1. The SMILES string of the molecule is Cc1ccc(NC2CCN(S(=O)(=O)c3ccc(-c4ccc5n[nH]c(C)c5c4)cc3)CC2)nc1. The molecule has 0 saturated carbocycles. The number of aryl methyl sites for hydroxylation is 2. The summed E-state index contributed by atoms with van der Waals surface area (Å²) in [7, 11) is -3.52. The fourth-order valence-electron chi connectivity index (χ4n) is 4.29. The van der Waals surface area contributed by atoms with Crippen LogP contribution in [0.2, 0.25) is 0 Å². The highest BCUT2D eigenvalue weighted by Gasteiger charge is 2.29. The Morgan fingerprint density at radius 1 is 0.970 bits per heavy atom. The number of nitrogens with one attached hydrogen (secondary N) is 2. The van der Waals surface area contributed by atoms with Gasteiger partial charge in [0.05, 0.1) is 10.4 Å². The van der Waals surface area contributed by atoms with Gasteiger partial charge in [-0.1, -0.05) is 24.3 Å². The maximum absolute atomic E-state index is 13.2. The molecule has 1 aliphatic rings. The number of anilines is 1. The van der Waals surface area contributed by atoms with Crippen molar-refractivity contribution in [1.82, 2.24) is 19.5 Å². The first kappa shape index (κ1) is 21.6. The number of nitrogens with zero attached hydrogens (tertiary/aromatic N) is 3. The van der Waals surface area contributed by atoms with Gasteiger partial charge in [0.15, 0.2) is 0 Å². The molecule has 2 aromatic carbocycles. The second kappa shape index (κ2) is 8.61. The van der Waals surface area contributed by atoms with Gasteiger partial charge in [0.1, 0.15) is 5.82 Å². The van der Waals surface area contributed by atoms with Crippen LogP contribution in [0, 0.1) is 13.8 Å². The fourth-order valence-corrected chi connectivity index (χ4v) is 5.76. The van der Waals surface area contributed by atoms with Crippen molar-refractivity contribution < 1.29 is 8.42 Å². The number of aromatic nitrogens is 3. The fraction of sp³-hybridized carbons (Fsp3) is 0.280. The Kier molecular flexibility index (Phi) is 5.64. The summed E-state index contributed by atoms with van der Waals surface area (Å²) in [6.07, 6.45) is 3.33. The summed E-state index contributed by atoms with van der Waals surface area (Å²) in [5.74, 6) is 0.835. The van der Waals surface area contributed by atoms with Crippen LogP contribution in [-0.4, -0.2) is 47.0 Å². The third kappa shape index (κ3) is 4.36. The van der Waals surface area contributed by atoms with Gasteiger partial charge >= 0.3 is 0 Å². The summed E-state index contributed by atoms with van der Waals surface area (Å²) >= 11 is 0. The highest BCUT2D eigenvalue weighted by atomic mass is 32.2. The predicted molar refractivity (Wildman–Crippen MR) is 131 cm³/mol. The number of sulfonamides is 1. The molecule has 0 bridgehead atoms. The van der Waals surface area contributed by atoms with Crippen LogP contribution < -0.4 is 5.32 Å². The van der Waals surface area contributed by atoms with E-state index in [1.807, 2.05) is 56.4 Å². The van der Waals surface area contributed by atoms with Gasteiger partial charge < -0.3 is 5.32 Å². The van der Waals surface area contributed by atoms with Gasteiger partial charge in [0.25, 0.3) is 0 Å². The van der Waals surface area contributed by atoms with Gasteiger partial charge in [0, 0.05) is 36.4 Å². The van der Waals surface area contributed by atoms with E-state index in [0.717, 1.165) is 51.9 Å². The summed E-state index contributed by atoms with van der Waals surface area (Å²) in [5.41, 5.74) is 5.07. The lowest BCUT2D eigenvalue weighted by atomic mass is 10.0. The molecule has 1 aliphatic heterocycles. The van der Waals surface area contributed by atoms with Crippen LogP contribution in [0.5, 0.6) is 0 Å². The molecule has 0 amide bonds. The largest absolute Gasteiger partial charge is 0.367 e. The van der Waals surface area contributed by atoms with E-state index in [0.29, 0.717) is 18.0 Å². The molecule has 8 heteroatoms. The molecule has 33 heavy (non-hydrogen) atoms. The van der Waals surface area contributed by atoms with E-state index in [9.17, 15) is 8.42 Å². The number of rotatable bonds is 5. The quantitative estimate of drug-likeness (QED) is 0.456. The molecule has 5 rings (SSSR count). The van der Waals surface area contributed by atoms with Gasteiger partial charge in [-0.25, -0.2) is 13.4 Å². The standard InChI is InChI=1S/C25H27N5O2S/c1-17-3-10-25(26-16-17)27-21-11-13-30(14-12-21)33(31,32)22-7-4-19(5-8-22)20-6-9-24-23(15-20)18(2)28-29-24/h3-10,15-16,21H,11-14H2,1-2H3,(H,26,27)(H,28,29). The maximum Gasteiger partial charge on any atom is 0.243 e. The zero-order valence-corrected chi connectivity index (χ0v) is 19.6. The Balaban J connectivity index is 1.27. The summed E-state index contributed by atoms with van der Waals surface area (Å²) in [5, 5.41) is 11.8. The minimum Gasteiger partial charge on any atom is -0.367 e. The Morgan fingerprint density at radius 3 is 2.39 bits per heavy atom. The Hall–Kier alpha value is -3.23. The van der Waals surface area contributed by atoms with E-state index >= 15 is 0 Å². The van der Waals surface area contributed by atoms with Gasteiger partial charge in [-0.3, -0.25) is 5.10 Å². The van der Waals surface area contributed by atoms with Crippen molar-refractivity contribution in [1.29, 1.82) is 0 Å². The number of piperidine rings is 1. The molecular weight excluding hydrogens is 434 g/mol. The maximum atomic E-state index is 13.2. The smallest absolute Gasteiger partial charge is 0.243 e. The molecule has 4 aromatic rings. The van der Waals surface area contributed by atoms with Crippen molar-refractivity contribution in [2.45, 2.75) is 37.6 Å². The minimum atomic E-state index is -3.52. The van der Waals surface area contributed by atoms with Crippen LogP contribution in [-0.2, 0) is 10.0 Å². The highest BCUT2D eigenvalue weighted by Crippen LogP contribution is 2.28. The monoisotopic (exact) mass is 461 g/mol. The van der Waals surface area contributed by atoms with E-state index in [1.54, 1.807) is 16.4 Å². The summed E-state index contributed by atoms with van der Waals surface area (Å²) < 4.78 is 28.0. The van der Waals surface area contributed by atoms with Crippen molar-refractivity contribution in [3.05, 3.63) is 72.1 Å². The molecule has 0 spiro atoms. The van der Waals surface area contributed by atoms with E-state index < -0.39 is 10.0 Å². The van der Waals surface area contributed by atoms with Crippen molar-refractivity contribution in [3.8, 4) is 11.1 Å². The normalized spacial score (nSPS) is 15.7. The molecule has 2 N–H and O–H groups in total. The van der Waals surface area contributed by atoms with E-state index in [-0.39, 0.29) is 6.04 Å². The van der Waals surface area contributed by atoms with Crippen LogP contribution in [0.4, 0.5) is 5.82 Å². The molecule has 0 unspecified atom stereocenters. The zero-order valence-electron chi connectivity index (χ0n) is 18.7. The number of hydrogen-bond donors (Lipinski definition) is 2. The molecule has 1 saturated heterocycles. The first-order valence-corrected chi connectivity index (χ1v) is 12.6. The lowest BCUT2D eigenvalue weighted by molar-refractivity contribution is 0.329. The molecule has 170 valence electrons. The molecule has 1 fully saturated rings. The van der Waals surface area contributed by atoms with Gasteiger partial charge in [-0.15, -0.1) is 0 Å². The zero-order chi connectivity index (χ0) is 23.0. The topological polar surface area (TPSA) is 91.0 Å². The Labute approximate surface area is 193 Å². The second-order valence-electron chi connectivity index (χ2n) is 8.65. The highest BCUT2D eigenvalue weighted by molar-refractivity contribution is 7.89. The molecular formula is C25H27N5O2S. The summed E-state index contributed by atoms with van der Waals surface area (Å²) in [4.78, 5) is 4.72. The van der Waals surface area contributed by atoms with Crippen LogP contribution in [0.25, 0.3) is 22.0 Å². The Morgan fingerprint density at radius 2 is 1.70 bits per heavy atom. The number of hydrogen-bond acceptors (Lipinski definition) is 5. The van der Waals surface area contributed by atoms with E-state index in [2.05, 4.69) is 26.6 Å². The molecule has 0 radical (unpaired) electrons. The van der Waals surface area contributed by atoms with Crippen molar-refractivity contribution >= 4 is 26.7 Å². The van der Waals surface area contributed by atoms with Crippen molar-refractivity contribution in [2.24, 2.45) is 0 Å². The number of fused-ring (bicyclic) bond motifs is 1. The van der Waals surface area contributed by atoms with Crippen LogP contribution in [0.3, 0.4) is 0 Å². The lowest BCUT2D eigenvalue weighted by Crippen LogP contribution is -2.42. The third-order valence-corrected chi connectivity index (χ3v) is 8.20. The van der Waals surface area contributed by atoms with Gasteiger partial charge in [-0.2, -0.15) is 9.40 Å². The van der Waals surface area contributed by atoms with E-state index in [4.69, 9.17) is 0 Å². The van der Waals surface area contributed by atoms with Gasteiger partial charge in [-0.05, 0) is 73.7 Å². The third-order valence-electron chi connectivity index (χ3n) is 6.29. The second-order valence-corrected chi connectivity index (χ2v) is 10.6. The van der Waals surface area contributed by atoms with Gasteiger partial charge in [0.2, 0.25) is 10.0 Å². The van der Waals surface area contributed by atoms with E-state index in [1.165, 1.54) is 0 Å². The summed E-state index contributed by atoms with van der Waals surface area (Å²) in [6, 6.07) is 17.4. The first-order chi connectivity index (χ1) is 15.9. The minimum absolute atomic E-state index is 0.218. The first-order valence-electron chi connectivity index (χ1n) is 11.1. The number of H-pyrrole nitrogens is 1. The average molecular weight is 462 g/mol. The van der Waals surface area contributed by atoms with Crippen molar-refractivity contribution in [2.75, 3.05) is 18.4 Å². The van der Waals surface area contributed by atoms with Crippen molar-refractivity contribution in [3.63, 3.8) is 0 Å².